The average molecular weight is 336 g/mol. The predicted octanol–water partition coefficient (Wildman–Crippen LogP) is 2.63. The van der Waals surface area contributed by atoms with Crippen LogP contribution in [0.1, 0.15) is 19.5 Å². The molecule has 0 aliphatic carbocycles. The van der Waals surface area contributed by atoms with Crippen molar-refractivity contribution in [3.05, 3.63) is 64.8 Å². The van der Waals surface area contributed by atoms with Crippen LogP contribution in [0.4, 0.5) is 5.69 Å². The fourth-order valence-corrected chi connectivity index (χ4v) is 2.70. The third-order valence-corrected chi connectivity index (χ3v) is 3.76. The van der Waals surface area contributed by atoms with E-state index in [1.807, 2.05) is 32.0 Å². The lowest BCUT2D eigenvalue weighted by atomic mass is 10.1. The van der Waals surface area contributed by atoms with Crippen LogP contribution >= 0.6 is 0 Å². The molecule has 1 N–H and O–H groups in total. The number of nitrogens with one attached hydrogen (secondary N) is 1. The van der Waals surface area contributed by atoms with Crippen molar-refractivity contribution >= 4 is 22.4 Å². The third kappa shape index (κ3) is 3.91. The van der Waals surface area contributed by atoms with Crippen molar-refractivity contribution in [1.29, 1.82) is 0 Å². The Morgan fingerprint density at radius 3 is 2.60 bits per heavy atom. The summed E-state index contributed by atoms with van der Waals surface area (Å²) >= 11 is 0. The van der Waals surface area contributed by atoms with Gasteiger partial charge in [0.05, 0.1) is 29.4 Å². The van der Waals surface area contributed by atoms with E-state index in [1.165, 1.54) is 4.68 Å². The second-order valence-electron chi connectivity index (χ2n) is 6.34. The standard InChI is InChI=1S/C19H20N4O2/c1-13(2)12-23-19(25)16-8-4-3-7-15(16)17(22-23)10-18(24)21-14-6-5-9-20-11-14/h3-9,11,13H,10,12H2,1-2H3,(H,21,24). The maximum absolute atomic E-state index is 12.6. The molecular weight excluding hydrogens is 316 g/mol. The van der Waals surface area contributed by atoms with E-state index in [1.54, 1.807) is 30.6 Å². The molecule has 2 heterocycles. The zero-order chi connectivity index (χ0) is 17.8. The maximum atomic E-state index is 12.6. The minimum absolute atomic E-state index is 0.0911. The summed E-state index contributed by atoms with van der Waals surface area (Å²) in [4.78, 5) is 28.9. The number of pyridine rings is 1. The van der Waals surface area contributed by atoms with E-state index in [9.17, 15) is 9.59 Å². The molecule has 0 saturated heterocycles. The number of aromatic nitrogens is 3. The Balaban J connectivity index is 1.95. The molecule has 0 aliphatic heterocycles. The van der Waals surface area contributed by atoms with Gasteiger partial charge in [-0.2, -0.15) is 5.10 Å². The van der Waals surface area contributed by atoms with Crippen molar-refractivity contribution < 1.29 is 4.79 Å². The summed E-state index contributed by atoms with van der Waals surface area (Å²) in [5.41, 5.74) is 1.10. The van der Waals surface area contributed by atoms with Gasteiger partial charge in [-0.3, -0.25) is 14.6 Å². The summed E-state index contributed by atoms with van der Waals surface area (Å²) in [5.74, 6) is 0.0869. The van der Waals surface area contributed by atoms with Crippen LogP contribution in [0.3, 0.4) is 0 Å². The van der Waals surface area contributed by atoms with E-state index in [0.29, 0.717) is 28.7 Å². The highest BCUT2D eigenvalue weighted by Crippen LogP contribution is 2.15. The molecule has 0 spiro atoms. The molecular formula is C19H20N4O2. The van der Waals surface area contributed by atoms with Crippen molar-refractivity contribution in [2.75, 3.05) is 5.32 Å². The summed E-state index contributed by atoms with van der Waals surface area (Å²) in [7, 11) is 0. The molecule has 0 saturated carbocycles. The van der Waals surface area contributed by atoms with Gasteiger partial charge in [0.15, 0.2) is 0 Å². The van der Waals surface area contributed by atoms with Crippen LogP contribution in [-0.4, -0.2) is 20.7 Å². The Bertz CT molecular complexity index is 949. The van der Waals surface area contributed by atoms with Crippen LogP contribution in [0, 0.1) is 5.92 Å². The number of rotatable bonds is 5. The molecule has 128 valence electrons. The maximum Gasteiger partial charge on any atom is 0.274 e. The van der Waals surface area contributed by atoms with E-state index >= 15 is 0 Å². The van der Waals surface area contributed by atoms with Crippen LogP contribution in [0.2, 0.25) is 0 Å². The molecule has 0 aliphatic rings. The van der Waals surface area contributed by atoms with Crippen molar-refractivity contribution in [3.63, 3.8) is 0 Å². The van der Waals surface area contributed by atoms with Crippen LogP contribution in [0.15, 0.2) is 53.6 Å². The van der Waals surface area contributed by atoms with Gasteiger partial charge < -0.3 is 5.32 Å². The van der Waals surface area contributed by atoms with Gasteiger partial charge >= 0.3 is 0 Å². The number of carbonyl (C=O) groups is 1. The highest BCUT2D eigenvalue weighted by Gasteiger charge is 2.14. The lowest BCUT2D eigenvalue weighted by Gasteiger charge is -2.12. The number of fused-ring (bicyclic) bond motifs is 1. The molecule has 3 aromatic rings. The van der Waals surface area contributed by atoms with Gasteiger partial charge in [0, 0.05) is 18.1 Å². The van der Waals surface area contributed by atoms with E-state index in [2.05, 4.69) is 15.4 Å². The minimum Gasteiger partial charge on any atom is -0.324 e. The number of nitrogens with zero attached hydrogens (tertiary/aromatic N) is 3. The zero-order valence-electron chi connectivity index (χ0n) is 14.3. The van der Waals surface area contributed by atoms with Crippen molar-refractivity contribution in [3.8, 4) is 0 Å². The average Bonchev–Trinajstić information content (AvgIpc) is 2.59. The Morgan fingerprint density at radius 2 is 1.92 bits per heavy atom. The topological polar surface area (TPSA) is 76.9 Å². The Morgan fingerprint density at radius 1 is 1.16 bits per heavy atom. The summed E-state index contributed by atoms with van der Waals surface area (Å²) in [5, 5.41) is 8.55. The second-order valence-corrected chi connectivity index (χ2v) is 6.34. The molecule has 6 heteroatoms. The summed E-state index contributed by atoms with van der Waals surface area (Å²) in [6.45, 7) is 4.57. The lowest BCUT2D eigenvalue weighted by molar-refractivity contribution is -0.115. The van der Waals surface area contributed by atoms with Gasteiger partial charge in [0.2, 0.25) is 5.91 Å². The van der Waals surface area contributed by atoms with Crippen LogP contribution in [-0.2, 0) is 17.8 Å². The highest BCUT2D eigenvalue weighted by molar-refractivity contribution is 5.95. The number of hydrogen-bond donors (Lipinski definition) is 1. The fraction of sp³-hybridized carbons (Fsp3) is 0.263. The molecule has 1 aromatic carbocycles. The first-order valence-electron chi connectivity index (χ1n) is 8.23. The Hall–Kier alpha value is -3.02. The molecule has 0 atom stereocenters. The molecule has 25 heavy (non-hydrogen) atoms. The lowest BCUT2D eigenvalue weighted by Crippen LogP contribution is -2.28. The molecule has 0 unspecified atom stereocenters. The molecule has 0 radical (unpaired) electrons. The highest BCUT2D eigenvalue weighted by atomic mass is 16.1. The van der Waals surface area contributed by atoms with E-state index in [0.717, 1.165) is 0 Å². The van der Waals surface area contributed by atoms with Gasteiger partial charge in [0.1, 0.15) is 0 Å². The molecule has 2 aromatic heterocycles. The predicted molar refractivity (Wildman–Crippen MR) is 97.4 cm³/mol. The fourth-order valence-electron chi connectivity index (χ4n) is 2.70. The molecule has 6 nitrogen and oxygen atoms in total. The third-order valence-electron chi connectivity index (χ3n) is 3.76. The monoisotopic (exact) mass is 336 g/mol. The normalized spacial score (nSPS) is 11.0. The first kappa shape index (κ1) is 16.8. The quantitative estimate of drug-likeness (QED) is 0.777. The minimum atomic E-state index is -0.194. The van der Waals surface area contributed by atoms with Crippen molar-refractivity contribution in [1.82, 2.24) is 14.8 Å². The van der Waals surface area contributed by atoms with Gasteiger partial charge in [-0.1, -0.05) is 32.0 Å². The van der Waals surface area contributed by atoms with Crippen LogP contribution < -0.4 is 10.9 Å². The largest absolute Gasteiger partial charge is 0.324 e. The van der Waals surface area contributed by atoms with Crippen LogP contribution in [0.5, 0.6) is 0 Å². The summed E-state index contributed by atoms with van der Waals surface area (Å²) in [6, 6.07) is 10.8. The molecule has 3 rings (SSSR count). The number of hydrogen-bond acceptors (Lipinski definition) is 4. The van der Waals surface area contributed by atoms with E-state index in [-0.39, 0.29) is 23.8 Å². The zero-order valence-corrected chi connectivity index (χ0v) is 14.3. The van der Waals surface area contributed by atoms with Gasteiger partial charge in [-0.25, -0.2) is 4.68 Å². The first-order valence-corrected chi connectivity index (χ1v) is 8.23. The first-order chi connectivity index (χ1) is 12.0. The molecule has 0 bridgehead atoms. The number of carbonyl (C=O) groups excluding carboxylic acids is 1. The second kappa shape index (κ2) is 7.25. The van der Waals surface area contributed by atoms with Crippen molar-refractivity contribution in [2.45, 2.75) is 26.8 Å². The Kier molecular flexibility index (Phi) is 4.88. The SMILES string of the molecule is CC(C)Cn1nc(CC(=O)Nc2cccnc2)c2ccccc2c1=O. The Labute approximate surface area is 145 Å². The summed E-state index contributed by atoms with van der Waals surface area (Å²) in [6.07, 6.45) is 3.32. The van der Waals surface area contributed by atoms with Gasteiger partial charge in [0.25, 0.3) is 5.56 Å². The number of amides is 1. The van der Waals surface area contributed by atoms with Crippen molar-refractivity contribution in [2.24, 2.45) is 5.92 Å². The van der Waals surface area contributed by atoms with E-state index in [4.69, 9.17) is 0 Å². The van der Waals surface area contributed by atoms with Crippen LogP contribution in [0.25, 0.3) is 10.8 Å². The number of anilines is 1. The summed E-state index contributed by atoms with van der Waals surface area (Å²) < 4.78 is 1.46. The smallest absolute Gasteiger partial charge is 0.274 e. The van der Waals surface area contributed by atoms with Gasteiger partial charge in [-0.15, -0.1) is 0 Å². The molecule has 1 amide bonds. The number of benzene rings is 1. The molecule has 0 fully saturated rings. The van der Waals surface area contributed by atoms with E-state index < -0.39 is 0 Å². The van der Waals surface area contributed by atoms with Gasteiger partial charge in [-0.05, 0) is 24.1 Å².